The van der Waals surface area contributed by atoms with Gasteiger partial charge in [0.15, 0.2) is 0 Å². The number of benzene rings is 1. The van der Waals surface area contributed by atoms with Gasteiger partial charge >= 0.3 is 6.01 Å². The molecule has 5 heteroatoms. The zero-order valence-corrected chi connectivity index (χ0v) is 9.91. The molecule has 0 atom stereocenters. The Hall–Kier alpha value is -1.55. The van der Waals surface area contributed by atoms with Crippen molar-refractivity contribution in [1.82, 2.24) is 4.98 Å². The molecule has 0 spiro atoms. The van der Waals surface area contributed by atoms with E-state index in [1.165, 1.54) is 0 Å². The Morgan fingerprint density at radius 1 is 1.29 bits per heavy atom. The van der Waals surface area contributed by atoms with Crippen LogP contribution in [0.3, 0.4) is 0 Å². The lowest BCUT2D eigenvalue weighted by Gasteiger charge is -2.13. The molecule has 3 rings (SSSR count). The highest BCUT2D eigenvalue weighted by molar-refractivity contribution is 6.31. The Bertz CT molecular complexity index is 617. The van der Waals surface area contributed by atoms with Crippen molar-refractivity contribution in [3.63, 3.8) is 0 Å². The molecule has 0 N–H and O–H groups in total. The van der Waals surface area contributed by atoms with Crippen LogP contribution < -0.4 is 10.5 Å². The van der Waals surface area contributed by atoms with Crippen molar-refractivity contribution in [3.05, 3.63) is 33.6 Å². The summed E-state index contributed by atoms with van der Waals surface area (Å²) in [5.41, 5.74) is 0.256. The monoisotopic (exact) mass is 250 g/mol. The number of fused-ring (bicyclic) bond motifs is 1. The summed E-state index contributed by atoms with van der Waals surface area (Å²) in [6.07, 6.45) is 2.23. The lowest BCUT2D eigenvalue weighted by Crippen LogP contribution is -2.22. The van der Waals surface area contributed by atoms with Gasteiger partial charge in [0.1, 0.15) is 5.58 Å². The maximum Gasteiger partial charge on any atom is 0.301 e. The van der Waals surface area contributed by atoms with Crippen LogP contribution in [0.2, 0.25) is 5.02 Å². The molecule has 1 aliphatic rings. The molecule has 2 heterocycles. The molecule has 0 aliphatic carbocycles. The molecule has 1 aromatic heterocycles. The molecule has 2 aromatic rings. The van der Waals surface area contributed by atoms with Gasteiger partial charge in [0.2, 0.25) is 0 Å². The summed E-state index contributed by atoms with van der Waals surface area (Å²) < 4.78 is 5.64. The summed E-state index contributed by atoms with van der Waals surface area (Å²) in [6, 6.07) is 5.42. The summed E-state index contributed by atoms with van der Waals surface area (Å²) >= 11 is 5.84. The van der Waals surface area contributed by atoms with Crippen LogP contribution in [0.4, 0.5) is 6.01 Å². The summed E-state index contributed by atoms with van der Waals surface area (Å²) in [5, 5.41) is 0.945. The maximum atomic E-state index is 11.9. The normalized spacial score (nSPS) is 15.7. The van der Waals surface area contributed by atoms with Crippen LogP contribution in [0, 0.1) is 0 Å². The molecule has 88 valence electrons. The summed E-state index contributed by atoms with van der Waals surface area (Å²) in [7, 11) is 0. The van der Waals surface area contributed by atoms with Crippen molar-refractivity contribution in [2.24, 2.45) is 0 Å². The minimum Gasteiger partial charge on any atom is -0.425 e. The molecule has 17 heavy (non-hydrogen) atoms. The van der Waals surface area contributed by atoms with Gasteiger partial charge in [-0.05, 0) is 31.0 Å². The van der Waals surface area contributed by atoms with Crippen LogP contribution in [0.25, 0.3) is 11.0 Å². The average Bonchev–Trinajstić information content (AvgIpc) is 2.83. The van der Waals surface area contributed by atoms with Gasteiger partial charge in [-0.1, -0.05) is 11.6 Å². The molecule has 1 aliphatic heterocycles. The van der Waals surface area contributed by atoms with E-state index in [1.807, 2.05) is 4.90 Å². The highest BCUT2D eigenvalue weighted by atomic mass is 35.5. The number of nitrogens with zero attached hydrogens (tertiary/aromatic N) is 2. The van der Waals surface area contributed by atoms with Crippen molar-refractivity contribution < 1.29 is 4.42 Å². The summed E-state index contributed by atoms with van der Waals surface area (Å²) in [4.78, 5) is 17.8. The predicted octanol–water partition coefficient (Wildman–Crippen LogP) is 2.44. The van der Waals surface area contributed by atoms with Gasteiger partial charge in [-0.2, -0.15) is 4.98 Å². The van der Waals surface area contributed by atoms with E-state index in [1.54, 1.807) is 18.2 Å². The van der Waals surface area contributed by atoms with E-state index in [-0.39, 0.29) is 5.56 Å². The van der Waals surface area contributed by atoms with E-state index in [4.69, 9.17) is 16.0 Å². The van der Waals surface area contributed by atoms with Gasteiger partial charge in [0.05, 0.1) is 5.39 Å². The fraction of sp³-hybridized carbons (Fsp3) is 0.333. The van der Waals surface area contributed by atoms with Gasteiger partial charge in [0, 0.05) is 18.1 Å². The summed E-state index contributed by atoms with van der Waals surface area (Å²) in [6.45, 7) is 1.80. The van der Waals surface area contributed by atoms with E-state index in [2.05, 4.69) is 4.98 Å². The second-order valence-corrected chi connectivity index (χ2v) is 4.57. The number of halogens is 1. The van der Waals surface area contributed by atoms with Crippen molar-refractivity contribution in [2.75, 3.05) is 18.0 Å². The topological polar surface area (TPSA) is 46.3 Å². The molecule has 0 radical (unpaired) electrons. The van der Waals surface area contributed by atoms with Gasteiger partial charge in [-0.3, -0.25) is 4.79 Å². The van der Waals surface area contributed by atoms with Crippen molar-refractivity contribution in [2.45, 2.75) is 12.8 Å². The third-order valence-electron chi connectivity index (χ3n) is 2.95. The first-order valence-electron chi connectivity index (χ1n) is 5.59. The third-order valence-corrected chi connectivity index (χ3v) is 3.18. The zero-order valence-electron chi connectivity index (χ0n) is 9.15. The first-order chi connectivity index (χ1) is 8.24. The second kappa shape index (κ2) is 4.04. The second-order valence-electron chi connectivity index (χ2n) is 4.14. The van der Waals surface area contributed by atoms with E-state index >= 15 is 0 Å². The Kier molecular flexibility index (Phi) is 2.52. The molecule has 1 aromatic carbocycles. The number of aromatic nitrogens is 1. The Balaban J connectivity index is 2.17. The maximum absolute atomic E-state index is 11.9. The largest absolute Gasteiger partial charge is 0.425 e. The van der Waals surface area contributed by atoms with Crippen LogP contribution in [-0.2, 0) is 0 Å². The lowest BCUT2D eigenvalue weighted by molar-refractivity contribution is 0.562. The molecular weight excluding hydrogens is 240 g/mol. The first kappa shape index (κ1) is 10.6. The van der Waals surface area contributed by atoms with E-state index in [0.717, 1.165) is 25.9 Å². The molecule has 1 saturated heterocycles. The Morgan fingerprint density at radius 2 is 2.06 bits per heavy atom. The standard InChI is InChI=1S/C12H11ClN2O2/c13-8-3-4-10-9(7-8)11(16)14-12(17-10)15-5-1-2-6-15/h3-4,7H,1-2,5-6H2. The smallest absolute Gasteiger partial charge is 0.301 e. The minimum absolute atomic E-state index is 0.282. The summed E-state index contributed by atoms with van der Waals surface area (Å²) in [5.74, 6) is 0. The van der Waals surface area contributed by atoms with Gasteiger partial charge in [0.25, 0.3) is 5.56 Å². The van der Waals surface area contributed by atoms with E-state index in [0.29, 0.717) is 22.0 Å². The highest BCUT2D eigenvalue weighted by Crippen LogP contribution is 2.22. The zero-order chi connectivity index (χ0) is 11.8. The minimum atomic E-state index is -0.282. The number of hydrogen-bond donors (Lipinski definition) is 0. The molecule has 0 saturated carbocycles. The van der Waals surface area contributed by atoms with E-state index in [9.17, 15) is 4.79 Å². The predicted molar refractivity (Wildman–Crippen MR) is 66.7 cm³/mol. The quantitative estimate of drug-likeness (QED) is 0.780. The van der Waals surface area contributed by atoms with Crippen LogP contribution in [0.5, 0.6) is 0 Å². The fourth-order valence-corrected chi connectivity index (χ4v) is 2.24. The number of anilines is 1. The fourth-order valence-electron chi connectivity index (χ4n) is 2.07. The third kappa shape index (κ3) is 1.89. The molecule has 1 fully saturated rings. The SMILES string of the molecule is O=c1nc(N2CCCC2)oc2ccc(Cl)cc12. The number of rotatable bonds is 1. The van der Waals surface area contributed by atoms with Crippen LogP contribution in [-0.4, -0.2) is 18.1 Å². The van der Waals surface area contributed by atoms with Crippen molar-refractivity contribution >= 4 is 28.6 Å². The van der Waals surface area contributed by atoms with Crippen LogP contribution in [0.15, 0.2) is 27.4 Å². The molecule has 0 amide bonds. The average molecular weight is 251 g/mol. The van der Waals surface area contributed by atoms with Crippen LogP contribution in [0.1, 0.15) is 12.8 Å². The first-order valence-corrected chi connectivity index (χ1v) is 5.97. The lowest BCUT2D eigenvalue weighted by atomic mass is 10.2. The number of hydrogen-bond acceptors (Lipinski definition) is 4. The van der Waals surface area contributed by atoms with Crippen molar-refractivity contribution in [1.29, 1.82) is 0 Å². The molecule has 0 bridgehead atoms. The molecule has 4 nitrogen and oxygen atoms in total. The molecule has 0 unspecified atom stereocenters. The van der Waals surface area contributed by atoms with Gasteiger partial charge in [-0.25, -0.2) is 0 Å². The van der Waals surface area contributed by atoms with E-state index < -0.39 is 0 Å². The van der Waals surface area contributed by atoms with Crippen LogP contribution >= 0.6 is 11.6 Å². The Morgan fingerprint density at radius 3 is 2.82 bits per heavy atom. The molecular formula is C12H11ClN2O2. The van der Waals surface area contributed by atoms with Gasteiger partial charge < -0.3 is 9.32 Å². The van der Waals surface area contributed by atoms with Crippen molar-refractivity contribution in [3.8, 4) is 0 Å². The Labute approximate surface area is 103 Å². The van der Waals surface area contributed by atoms with Gasteiger partial charge in [-0.15, -0.1) is 0 Å². The highest BCUT2D eigenvalue weighted by Gasteiger charge is 2.17.